The van der Waals surface area contributed by atoms with Gasteiger partial charge >= 0.3 is 6.09 Å². The van der Waals surface area contributed by atoms with Crippen molar-refractivity contribution in [3.8, 4) is 11.8 Å². The number of carbonyl (C=O) groups is 1. The fourth-order valence-electron chi connectivity index (χ4n) is 2.34. The second-order valence-corrected chi connectivity index (χ2v) is 6.26. The van der Waals surface area contributed by atoms with Crippen molar-refractivity contribution in [2.24, 2.45) is 0 Å². The molecule has 1 amide bonds. The van der Waals surface area contributed by atoms with Gasteiger partial charge in [0.05, 0.1) is 17.8 Å². The minimum absolute atomic E-state index is 0.0402. The zero-order chi connectivity index (χ0) is 16.2. The van der Waals surface area contributed by atoms with Crippen molar-refractivity contribution in [3.63, 3.8) is 0 Å². The lowest BCUT2D eigenvalue weighted by Gasteiger charge is -2.28. The molecule has 1 atom stereocenters. The van der Waals surface area contributed by atoms with Crippen LogP contribution in [0.1, 0.15) is 39.2 Å². The maximum atomic E-state index is 12.2. The second-order valence-electron chi connectivity index (χ2n) is 6.26. The summed E-state index contributed by atoms with van der Waals surface area (Å²) in [6, 6.07) is 3.63. The molecule has 1 aromatic heterocycles. The Labute approximate surface area is 130 Å². The Morgan fingerprint density at radius 1 is 1.55 bits per heavy atom. The van der Waals surface area contributed by atoms with Gasteiger partial charge in [-0.3, -0.25) is 4.98 Å². The molecule has 6 heteroatoms. The minimum atomic E-state index is -0.511. The molecule has 1 aliphatic rings. The van der Waals surface area contributed by atoms with Crippen LogP contribution in [0.5, 0.6) is 5.75 Å². The Morgan fingerprint density at radius 3 is 3.00 bits per heavy atom. The van der Waals surface area contributed by atoms with Gasteiger partial charge in [-0.2, -0.15) is 5.26 Å². The Hall–Kier alpha value is -2.29. The Bertz CT molecular complexity index is 575. The van der Waals surface area contributed by atoms with Gasteiger partial charge in [0.2, 0.25) is 0 Å². The van der Waals surface area contributed by atoms with E-state index >= 15 is 0 Å². The average Bonchev–Trinajstić information content (AvgIpc) is 2.92. The van der Waals surface area contributed by atoms with E-state index in [1.54, 1.807) is 17.2 Å². The van der Waals surface area contributed by atoms with Gasteiger partial charge in [0, 0.05) is 12.7 Å². The van der Waals surface area contributed by atoms with Gasteiger partial charge in [0.1, 0.15) is 18.3 Å². The van der Waals surface area contributed by atoms with Crippen LogP contribution in [0, 0.1) is 11.3 Å². The predicted octanol–water partition coefficient (Wildman–Crippen LogP) is 2.73. The molecule has 0 saturated carbocycles. The van der Waals surface area contributed by atoms with E-state index in [4.69, 9.17) is 14.7 Å². The van der Waals surface area contributed by atoms with Crippen LogP contribution in [0.2, 0.25) is 0 Å². The van der Waals surface area contributed by atoms with Crippen molar-refractivity contribution in [1.29, 1.82) is 5.26 Å². The third-order valence-corrected chi connectivity index (χ3v) is 3.34. The van der Waals surface area contributed by atoms with Crippen LogP contribution in [0.4, 0.5) is 4.79 Å². The number of pyridine rings is 1. The molecule has 1 aromatic rings. The number of nitrogens with zero attached hydrogens (tertiary/aromatic N) is 3. The number of hydrogen-bond acceptors (Lipinski definition) is 5. The first-order valence-corrected chi connectivity index (χ1v) is 7.37. The van der Waals surface area contributed by atoms with Crippen molar-refractivity contribution >= 4 is 6.09 Å². The first kappa shape index (κ1) is 16.1. The Balaban J connectivity index is 1.97. The topological polar surface area (TPSA) is 75.4 Å². The third-order valence-electron chi connectivity index (χ3n) is 3.34. The standard InChI is InChI=1S/C16H21N3O3/c1-16(2,3)22-15(20)19-8-4-5-13(19)11-21-14-10-18-7-6-12(14)9-17/h6-7,10,13H,4-5,8,11H2,1-3H3/t13-/m0/s1. The summed E-state index contributed by atoms with van der Waals surface area (Å²) >= 11 is 0. The maximum Gasteiger partial charge on any atom is 0.410 e. The Kier molecular flexibility index (Phi) is 4.86. The first-order chi connectivity index (χ1) is 10.4. The first-order valence-electron chi connectivity index (χ1n) is 7.37. The number of likely N-dealkylation sites (tertiary alicyclic amines) is 1. The summed E-state index contributed by atoms with van der Waals surface area (Å²) in [5.74, 6) is 0.445. The molecule has 0 aliphatic carbocycles. The summed E-state index contributed by atoms with van der Waals surface area (Å²) in [7, 11) is 0. The van der Waals surface area contributed by atoms with Gasteiger partial charge in [-0.25, -0.2) is 4.79 Å². The predicted molar refractivity (Wildman–Crippen MR) is 80.4 cm³/mol. The molecule has 6 nitrogen and oxygen atoms in total. The SMILES string of the molecule is CC(C)(C)OC(=O)N1CCC[C@H]1COc1cnccc1C#N. The molecule has 1 saturated heterocycles. The van der Waals surface area contributed by atoms with Crippen LogP contribution >= 0.6 is 0 Å². The molecule has 2 heterocycles. The number of carbonyl (C=O) groups excluding carboxylic acids is 1. The molecule has 2 rings (SSSR count). The smallest absolute Gasteiger partial charge is 0.410 e. The van der Waals surface area contributed by atoms with Gasteiger partial charge < -0.3 is 14.4 Å². The van der Waals surface area contributed by atoms with Gasteiger partial charge in [0.15, 0.2) is 5.75 Å². The van der Waals surface area contributed by atoms with E-state index in [0.29, 0.717) is 24.5 Å². The number of hydrogen-bond donors (Lipinski definition) is 0. The molecule has 0 unspecified atom stereocenters. The zero-order valence-corrected chi connectivity index (χ0v) is 13.2. The van der Waals surface area contributed by atoms with Gasteiger partial charge in [-0.1, -0.05) is 0 Å². The molecule has 1 fully saturated rings. The lowest BCUT2D eigenvalue weighted by atomic mass is 10.2. The molecule has 1 aliphatic heterocycles. The van der Waals surface area contributed by atoms with Crippen LogP contribution in [-0.2, 0) is 4.74 Å². The zero-order valence-electron chi connectivity index (χ0n) is 13.2. The van der Waals surface area contributed by atoms with Crippen molar-refractivity contribution in [2.75, 3.05) is 13.2 Å². The molecular formula is C16H21N3O3. The molecule has 0 N–H and O–H groups in total. The molecule has 0 bridgehead atoms. The second kappa shape index (κ2) is 6.65. The van der Waals surface area contributed by atoms with E-state index in [0.717, 1.165) is 12.8 Å². The van der Waals surface area contributed by atoms with E-state index in [9.17, 15) is 4.79 Å². The summed E-state index contributed by atoms with van der Waals surface area (Å²) in [5, 5.41) is 9.04. The number of aromatic nitrogens is 1. The summed E-state index contributed by atoms with van der Waals surface area (Å²) in [6.07, 6.45) is 4.54. The molecular weight excluding hydrogens is 282 g/mol. The van der Waals surface area contributed by atoms with Crippen LogP contribution in [0.25, 0.3) is 0 Å². The normalized spacial score (nSPS) is 17.9. The number of rotatable bonds is 3. The minimum Gasteiger partial charge on any atom is -0.488 e. The summed E-state index contributed by atoms with van der Waals surface area (Å²) in [6.45, 7) is 6.55. The lowest BCUT2D eigenvalue weighted by Crippen LogP contribution is -2.42. The van der Waals surface area contributed by atoms with Crippen molar-refractivity contribution in [3.05, 3.63) is 24.0 Å². The van der Waals surface area contributed by atoms with E-state index in [-0.39, 0.29) is 12.1 Å². The van der Waals surface area contributed by atoms with E-state index in [2.05, 4.69) is 11.1 Å². The monoisotopic (exact) mass is 303 g/mol. The largest absolute Gasteiger partial charge is 0.488 e. The van der Waals surface area contributed by atoms with E-state index in [1.807, 2.05) is 20.8 Å². The fourth-order valence-corrected chi connectivity index (χ4v) is 2.34. The quantitative estimate of drug-likeness (QED) is 0.858. The molecule has 118 valence electrons. The highest BCUT2D eigenvalue weighted by molar-refractivity contribution is 5.69. The molecule has 0 radical (unpaired) electrons. The van der Waals surface area contributed by atoms with Crippen LogP contribution in [-0.4, -0.2) is 40.8 Å². The van der Waals surface area contributed by atoms with Gasteiger partial charge in [-0.05, 0) is 39.7 Å². The lowest BCUT2D eigenvalue weighted by molar-refractivity contribution is 0.0187. The summed E-state index contributed by atoms with van der Waals surface area (Å²) in [5.41, 5.74) is -0.0700. The van der Waals surface area contributed by atoms with Crippen LogP contribution < -0.4 is 4.74 Å². The maximum absolute atomic E-state index is 12.2. The Morgan fingerprint density at radius 2 is 2.32 bits per heavy atom. The summed E-state index contributed by atoms with van der Waals surface area (Å²) < 4.78 is 11.1. The van der Waals surface area contributed by atoms with Gasteiger partial charge in [0.25, 0.3) is 0 Å². The highest BCUT2D eigenvalue weighted by Crippen LogP contribution is 2.23. The van der Waals surface area contributed by atoms with Crippen LogP contribution in [0.15, 0.2) is 18.5 Å². The fraction of sp³-hybridized carbons (Fsp3) is 0.562. The highest BCUT2D eigenvalue weighted by Gasteiger charge is 2.32. The van der Waals surface area contributed by atoms with Crippen LogP contribution in [0.3, 0.4) is 0 Å². The van der Waals surface area contributed by atoms with Gasteiger partial charge in [-0.15, -0.1) is 0 Å². The summed E-state index contributed by atoms with van der Waals surface area (Å²) in [4.78, 5) is 17.9. The van der Waals surface area contributed by atoms with E-state index < -0.39 is 5.60 Å². The third kappa shape index (κ3) is 4.10. The number of nitriles is 1. The molecule has 0 aromatic carbocycles. The molecule has 0 spiro atoms. The van der Waals surface area contributed by atoms with Crippen molar-refractivity contribution in [2.45, 2.75) is 45.3 Å². The highest BCUT2D eigenvalue weighted by atomic mass is 16.6. The van der Waals surface area contributed by atoms with Crippen molar-refractivity contribution < 1.29 is 14.3 Å². The average molecular weight is 303 g/mol. The van der Waals surface area contributed by atoms with E-state index in [1.165, 1.54) is 6.20 Å². The van der Waals surface area contributed by atoms with Crippen molar-refractivity contribution in [1.82, 2.24) is 9.88 Å². The molecule has 22 heavy (non-hydrogen) atoms. The number of amides is 1. The number of ether oxygens (including phenoxy) is 2.